The molecule has 18 heavy (non-hydrogen) atoms. The zero-order chi connectivity index (χ0) is 13.4. The SMILES string of the molecule is CCCCNC(N)=NCC(C)c1cccc(C)c1. The van der Waals surface area contributed by atoms with Crippen molar-refractivity contribution in [2.24, 2.45) is 10.7 Å². The van der Waals surface area contributed by atoms with Crippen LogP contribution in [0.1, 0.15) is 43.7 Å². The van der Waals surface area contributed by atoms with E-state index >= 15 is 0 Å². The lowest BCUT2D eigenvalue weighted by atomic mass is 10.00. The molecule has 100 valence electrons. The van der Waals surface area contributed by atoms with Crippen LogP contribution in [0.15, 0.2) is 29.3 Å². The topological polar surface area (TPSA) is 50.4 Å². The third kappa shape index (κ3) is 5.21. The number of nitrogens with two attached hydrogens (primary N) is 1. The first-order valence-electron chi connectivity index (χ1n) is 6.73. The molecule has 0 aliphatic heterocycles. The third-order valence-corrected chi connectivity index (χ3v) is 2.98. The minimum absolute atomic E-state index is 0.399. The van der Waals surface area contributed by atoms with E-state index in [2.05, 4.69) is 55.3 Å². The van der Waals surface area contributed by atoms with Crippen molar-refractivity contribution in [1.82, 2.24) is 5.32 Å². The number of nitrogens with zero attached hydrogens (tertiary/aromatic N) is 1. The van der Waals surface area contributed by atoms with Gasteiger partial charge in [0.2, 0.25) is 0 Å². The number of unbranched alkanes of at least 4 members (excludes halogenated alkanes) is 1. The molecule has 3 N–H and O–H groups in total. The Morgan fingerprint density at radius 2 is 2.22 bits per heavy atom. The Kier molecular flexibility index (Phi) is 6.26. The highest BCUT2D eigenvalue weighted by molar-refractivity contribution is 5.77. The second kappa shape index (κ2) is 7.75. The molecule has 1 atom stereocenters. The second-order valence-electron chi connectivity index (χ2n) is 4.82. The van der Waals surface area contributed by atoms with Gasteiger partial charge in [-0.05, 0) is 18.9 Å². The average molecular weight is 247 g/mol. The van der Waals surface area contributed by atoms with E-state index in [4.69, 9.17) is 5.73 Å². The summed E-state index contributed by atoms with van der Waals surface area (Å²) >= 11 is 0. The second-order valence-corrected chi connectivity index (χ2v) is 4.82. The molecule has 0 radical (unpaired) electrons. The normalized spacial score (nSPS) is 13.4. The molecule has 0 bridgehead atoms. The van der Waals surface area contributed by atoms with Crippen LogP contribution in [-0.2, 0) is 0 Å². The Morgan fingerprint density at radius 3 is 2.89 bits per heavy atom. The van der Waals surface area contributed by atoms with Crippen molar-refractivity contribution in [3.8, 4) is 0 Å². The summed E-state index contributed by atoms with van der Waals surface area (Å²) in [5, 5.41) is 3.13. The van der Waals surface area contributed by atoms with Crippen LogP contribution in [0.25, 0.3) is 0 Å². The lowest BCUT2D eigenvalue weighted by Gasteiger charge is -2.11. The summed E-state index contributed by atoms with van der Waals surface area (Å²) in [6, 6.07) is 8.56. The molecular weight excluding hydrogens is 222 g/mol. The Bertz CT molecular complexity index is 385. The van der Waals surface area contributed by atoms with Crippen LogP contribution >= 0.6 is 0 Å². The molecule has 0 spiro atoms. The van der Waals surface area contributed by atoms with Crippen LogP contribution in [-0.4, -0.2) is 19.0 Å². The summed E-state index contributed by atoms with van der Waals surface area (Å²) < 4.78 is 0. The summed E-state index contributed by atoms with van der Waals surface area (Å²) in [5.41, 5.74) is 8.42. The lowest BCUT2D eigenvalue weighted by Crippen LogP contribution is -2.32. The molecule has 0 aromatic heterocycles. The monoisotopic (exact) mass is 247 g/mol. The number of aliphatic imine (C=N–C) groups is 1. The zero-order valence-corrected chi connectivity index (χ0v) is 11.7. The molecule has 0 heterocycles. The number of hydrogen-bond donors (Lipinski definition) is 2. The number of benzene rings is 1. The number of nitrogens with one attached hydrogen (secondary N) is 1. The molecule has 3 heteroatoms. The summed E-state index contributed by atoms with van der Waals surface area (Å²) in [4.78, 5) is 4.39. The maximum Gasteiger partial charge on any atom is 0.188 e. The van der Waals surface area contributed by atoms with Crippen molar-refractivity contribution >= 4 is 5.96 Å². The van der Waals surface area contributed by atoms with E-state index in [0.717, 1.165) is 19.5 Å². The molecule has 0 amide bonds. The van der Waals surface area contributed by atoms with Crippen molar-refractivity contribution in [1.29, 1.82) is 0 Å². The molecule has 1 unspecified atom stereocenters. The van der Waals surface area contributed by atoms with Gasteiger partial charge in [0.1, 0.15) is 0 Å². The molecule has 3 nitrogen and oxygen atoms in total. The summed E-state index contributed by atoms with van der Waals surface area (Å²) in [5.74, 6) is 0.958. The van der Waals surface area contributed by atoms with Crippen molar-refractivity contribution in [2.75, 3.05) is 13.1 Å². The van der Waals surface area contributed by atoms with Gasteiger partial charge in [-0.15, -0.1) is 0 Å². The smallest absolute Gasteiger partial charge is 0.188 e. The lowest BCUT2D eigenvalue weighted by molar-refractivity contribution is 0.734. The van der Waals surface area contributed by atoms with Crippen LogP contribution in [0.4, 0.5) is 0 Å². The maximum absolute atomic E-state index is 5.81. The molecule has 0 aliphatic carbocycles. The Labute approximate surface area is 111 Å². The van der Waals surface area contributed by atoms with Gasteiger partial charge < -0.3 is 11.1 Å². The molecule has 1 aromatic carbocycles. The minimum Gasteiger partial charge on any atom is -0.370 e. The van der Waals surface area contributed by atoms with Gasteiger partial charge in [-0.2, -0.15) is 0 Å². The van der Waals surface area contributed by atoms with Crippen LogP contribution < -0.4 is 11.1 Å². The van der Waals surface area contributed by atoms with Crippen molar-refractivity contribution in [3.63, 3.8) is 0 Å². The largest absolute Gasteiger partial charge is 0.370 e. The van der Waals surface area contributed by atoms with Gasteiger partial charge in [-0.25, -0.2) is 0 Å². The molecule has 0 saturated carbocycles. The van der Waals surface area contributed by atoms with E-state index in [0.29, 0.717) is 11.9 Å². The molecule has 1 aromatic rings. The van der Waals surface area contributed by atoms with Crippen molar-refractivity contribution in [3.05, 3.63) is 35.4 Å². The van der Waals surface area contributed by atoms with Crippen LogP contribution in [0.5, 0.6) is 0 Å². The predicted molar refractivity (Wildman–Crippen MR) is 79.0 cm³/mol. The fourth-order valence-electron chi connectivity index (χ4n) is 1.77. The van der Waals surface area contributed by atoms with Crippen LogP contribution in [0.2, 0.25) is 0 Å². The first kappa shape index (κ1) is 14.6. The van der Waals surface area contributed by atoms with E-state index < -0.39 is 0 Å². The van der Waals surface area contributed by atoms with E-state index in [1.54, 1.807) is 0 Å². The molecule has 0 fully saturated rings. The van der Waals surface area contributed by atoms with Gasteiger partial charge in [-0.1, -0.05) is 50.1 Å². The van der Waals surface area contributed by atoms with E-state index in [-0.39, 0.29) is 0 Å². The van der Waals surface area contributed by atoms with Crippen LogP contribution in [0, 0.1) is 6.92 Å². The minimum atomic E-state index is 0.399. The first-order chi connectivity index (χ1) is 8.63. The van der Waals surface area contributed by atoms with Gasteiger partial charge in [0.05, 0.1) is 0 Å². The van der Waals surface area contributed by atoms with E-state index in [9.17, 15) is 0 Å². The quantitative estimate of drug-likeness (QED) is 0.461. The Hall–Kier alpha value is -1.51. The summed E-state index contributed by atoms with van der Waals surface area (Å²) in [6.45, 7) is 8.09. The average Bonchev–Trinajstić information content (AvgIpc) is 2.36. The number of hydrogen-bond acceptors (Lipinski definition) is 1. The highest BCUT2D eigenvalue weighted by Gasteiger charge is 2.04. The van der Waals surface area contributed by atoms with Crippen molar-refractivity contribution in [2.45, 2.75) is 39.5 Å². The van der Waals surface area contributed by atoms with Gasteiger partial charge >= 0.3 is 0 Å². The van der Waals surface area contributed by atoms with Crippen LogP contribution in [0.3, 0.4) is 0 Å². The zero-order valence-electron chi connectivity index (χ0n) is 11.7. The highest BCUT2D eigenvalue weighted by atomic mass is 15.1. The molecule has 1 rings (SSSR count). The summed E-state index contributed by atoms with van der Waals surface area (Å²) in [7, 11) is 0. The predicted octanol–water partition coefficient (Wildman–Crippen LogP) is 2.80. The number of guanidine groups is 1. The fourth-order valence-corrected chi connectivity index (χ4v) is 1.77. The fraction of sp³-hybridized carbons (Fsp3) is 0.533. The number of rotatable bonds is 6. The third-order valence-electron chi connectivity index (χ3n) is 2.98. The maximum atomic E-state index is 5.81. The standard InChI is InChI=1S/C15H25N3/c1-4-5-9-17-15(16)18-11-13(3)14-8-6-7-12(2)10-14/h6-8,10,13H,4-5,9,11H2,1-3H3,(H3,16,17,18). The summed E-state index contributed by atoms with van der Waals surface area (Å²) in [6.07, 6.45) is 2.30. The first-order valence-corrected chi connectivity index (χ1v) is 6.73. The Morgan fingerprint density at radius 1 is 1.44 bits per heavy atom. The highest BCUT2D eigenvalue weighted by Crippen LogP contribution is 2.16. The van der Waals surface area contributed by atoms with Gasteiger partial charge in [0, 0.05) is 19.0 Å². The van der Waals surface area contributed by atoms with Gasteiger partial charge in [-0.3, -0.25) is 4.99 Å². The Balaban J connectivity index is 2.44. The van der Waals surface area contributed by atoms with E-state index in [1.165, 1.54) is 17.5 Å². The van der Waals surface area contributed by atoms with Crippen molar-refractivity contribution < 1.29 is 0 Å². The molecule has 0 aliphatic rings. The van der Waals surface area contributed by atoms with Gasteiger partial charge in [0.25, 0.3) is 0 Å². The number of aryl methyl sites for hydroxylation is 1. The molecular formula is C15H25N3. The van der Waals surface area contributed by atoms with E-state index in [1.807, 2.05) is 0 Å². The molecule has 0 saturated heterocycles. The van der Waals surface area contributed by atoms with Gasteiger partial charge in [0.15, 0.2) is 5.96 Å².